The van der Waals surface area contributed by atoms with Crippen molar-refractivity contribution in [1.82, 2.24) is 0 Å². The van der Waals surface area contributed by atoms with E-state index in [0.29, 0.717) is 36.8 Å². The summed E-state index contributed by atoms with van der Waals surface area (Å²) < 4.78 is 0. The van der Waals surface area contributed by atoms with Crippen LogP contribution in [-0.2, 0) is 30.1 Å². The fourth-order valence-corrected chi connectivity index (χ4v) is 10.7. The number of benzene rings is 2. The molecule has 10 heteroatoms. The summed E-state index contributed by atoms with van der Waals surface area (Å²) >= 11 is 0. The number of phenols is 4. The number of Topliss-reactive ketones (excluding diaryl/α,β-unsaturated/α-hetero) is 2. The average molecular weight is 749 g/mol. The van der Waals surface area contributed by atoms with Gasteiger partial charge in [-0.15, -0.1) is 0 Å². The molecule has 296 valence electrons. The third-order valence-electron chi connectivity index (χ3n) is 14.6. The van der Waals surface area contributed by atoms with Crippen LogP contribution in [0.4, 0.5) is 0 Å². The highest BCUT2D eigenvalue weighted by molar-refractivity contribution is 5.87. The molecule has 0 saturated heterocycles. The Hall–Kier alpha value is -3.82. The second-order valence-corrected chi connectivity index (χ2v) is 19.4. The first kappa shape index (κ1) is 39.9. The molecule has 2 aromatic carbocycles. The second-order valence-electron chi connectivity index (χ2n) is 19.4. The van der Waals surface area contributed by atoms with Gasteiger partial charge in [-0.05, 0) is 120 Å². The molecule has 4 bridgehead atoms. The number of carbonyl (C=O) groups excluding carboxylic acids is 2. The SMILES string of the molecule is CC(C)(CCCCO[N+](=O)OCCCCC(C)(C)c1cc(O)c([C@@H]2CC(=O)[C@@H]3C[C@@H]2C3(C)C)c(O)c1)c1cc(O)c([C@@H]2CC(=O)[C@@H]3C[C@@H]2C3(C)C)c(O)c1. The normalized spacial score (nSPS) is 26.8. The number of hydrogen-bond acceptors (Lipinski definition) is 9. The number of fused-ring (bicyclic) bond motifs is 4. The maximum absolute atomic E-state index is 12.7. The quantitative estimate of drug-likeness (QED) is 0.0972. The summed E-state index contributed by atoms with van der Waals surface area (Å²) in [5, 5.41) is 44.5. The number of rotatable bonds is 16. The van der Waals surface area contributed by atoms with Gasteiger partial charge in [0, 0.05) is 47.6 Å². The molecule has 0 aliphatic heterocycles. The van der Waals surface area contributed by atoms with E-state index in [1.54, 1.807) is 24.3 Å². The van der Waals surface area contributed by atoms with Gasteiger partial charge >= 0.3 is 5.09 Å². The monoisotopic (exact) mass is 748 g/mol. The van der Waals surface area contributed by atoms with Gasteiger partial charge in [0.2, 0.25) is 0 Å². The van der Waals surface area contributed by atoms with E-state index in [1.165, 1.54) is 0 Å². The standard InChI is InChI=1S/C44H61NO9/c1-41(2,25-17-35(48)39(36(49)18-25)27-21-33(46)31-23-29(27)43(31,5)6)13-9-11-15-53-45(52)54-16-12-10-14-42(3,4)26-19-37(50)40(38(51)20-26)28-22-34(47)32-24-30(28)44(32,7)8/h17-20,27-32H,9-16,21-24H2,1-8H3,(H3-,48,49,50,51)/p+1/t27-,28-,29+,30+,31+,32+/m1/s1. The first-order valence-electron chi connectivity index (χ1n) is 20.1. The molecular weight excluding hydrogens is 686 g/mol. The van der Waals surface area contributed by atoms with E-state index in [1.807, 2.05) is 0 Å². The summed E-state index contributed by atoms with van der Waals surface area (Å²) in [4.78, 5) is 48.1. The first-order valence-corrected chi connectivity index (χ1v) is 20.1. The van der Waals surface area contributed by atoms with Gasteiger partial charge in [0.1, 0.15) is 39.5 Å². The molecule has 6 fully saturated rings. The molecule has 2 aromatic rings. The first-order chi connectivity index (χ1) is 25.2. The maximum atomic E-state index is 12.7. The Morgan fingerprint density at radius 1 is 0.630 bits per heavy atom. The number of ketones is 2. The molecule has 10 nitrogen and oxygen atoms in total. The highest BCUT2D eigenvalue weighted by Gasteiger charge is 2.60. The van der Waals surface area contributed by atoms with Gasteiger partial charge in [0.25, 0.3) is 0 Å². The van der Waals surface area contributed by atoms with E-state index >= 15 is 0 Å². The minimum absolute atomic E-state index is 0.0464. The van der Waals surface area contributed by atoms with Gasteiger partial charge in [-0.1, -0.05) is 55.4 Å². The van der Waals surface area contributed by atoms with Crippen molar-refractivity contribution in [3.05, 3.63) is 51.4 Å². The molecule has 4 N–H and O–H groups in total. The lowest BCUT2D eigenvalue weighted by Gasteiger charge is -2.59. The van der Waals surface area contributed by atoms with Crippen molar-refractivity contribution in [1.29, 1.82) is 0 Å². The Bertz CT molecular complexity index is 1620. The lowest BCUT2D eigenvalue weighted by Crippen LogP contribution is -2.56. The number of phenolic OH excluding ortho intramolecular Hbond substituents is 4. The summed E-state index contributed by atoms with van der Waals surface area (Å²) in [5.41, 5.74) is 1.66. The fraction of sp³-hybridized carbons (Fsp3) is 0.682. The van der Waals surface area contributed by atoms with Crippen molar-refractivity contribution in [2.24, 2.45) is 34.5 Å². The number of aromatic hydroxyl groups is 4. The van der Waals surface area contributed by atoms with Gasteiger partial charge in [-0.25, -0.2) is 0 Å². The minimum Gasteiger partial charge on any atom is -0.508 e. The Labute approximate surface area is 320 Å². The predicted molar refractivity (Wildman–Crippen MR) is 204 cm³/mol. The number of unbranched alkanes of at least 4 members (excludes halogenated alkanes) is 2. The molecule has 0 aromatic heterocycles. The van der Waals surface area contributed by atoms with E-state index in [4.69, 9.17) is 9.68 Å². The number of nitrogens with zero attached hydrogens (tertiary/aromatic N) is 1. The van der Waals surface area contributed by atoms with Gasteiger partial charge < -0.3 is 20.4 Å². The highest BCUT2D eigenvalue weighted by atomic mass is 17.0. The summed E-state index contributed by atoms with van der Waals surface area (Å²) in [6.45, 7) is 17.0. The fourth-order valence-electron chi connectivity index (χ4n) is 10.7. The maximum Gasteiger partial charge on any atom is 0.477 e. The van der Waals surface area contributed by atoms with Crippen LogP contribution in [0.1, 0.15) is 154 Å². The predicted octanol–water partition coefficient (Wildman–Crippen LogP) is 9.18. The van der Waals surface area contributed by atoms with Crippen LogP contribution in [-0.4, -0.2) is 50.3 Å². The van der Waals surface area contributed by atoms with Crippen molar-refractivity contribution in [3.8, 4) is 23.0 Å². The highest BCUT2D eigenvalue weighted by Crippen LogP contribution is 2.65. The van der Waals surface area contributed by atoms with Crippen LogP contribution in [0.25, 0.3) is 0 Å². The van der Waals surface area contributed by atoms with Crippen LogP contribution < -0.4 is 0 Å². The third kappa shape index (κ3) is 7.18. The van der Waals surface area contributed by atoms with Crippen LogP contribution in [0.15, 0.2) is 24.3 Å². The van der Waals surface area contributed by atoms with Crippen molar-refractivity contribution in [2.45, 2.75) is 142 Å². The van der Waals surface area contributed by atoms with Crippen molar-refractivity contribution in [3.63, 3.8) is 0 Å². The zero-order valence-corrected chi connectivity index (χ0v) is 33.5. The molecule has 54 heavy (non-hydrogen) atoms. The van der Waals surface area contributed by atoms with Crippen molar-refractivity contribution >= 4 is 11.6 Å². The van der Waals surface area contributed by atoms with Crippen LogP contribution >= 0.6 is 0 Å². The molecule has 6 atom stereocenters. The lowest BCUT2D eigenvalue weighted by atomic mass is 9.44. The van der Waals surface area contributed by atoms with E-state index in [0.717, 1.165) is 49.7 Å². The topological polar surface area (TPSA) is 154 Å². The van der Waals surface area contributed by atoms with Crippen LogP contribution in [0.3, 0.4) is 0 Å². The molecule has 6 aliphatic rings. The van der Waals surface area contributed by atoms with E-state index < -0.39 is 0 Å². The minimum atomic E-state index is -0.356. The largest absolute Gasteiger partial charge is 0.508 e. The Kier molecular flexibility index (Phi) is 10.6. The van der Waals surface area contributed by atoms with Crippen LogP contribution in [0.5, 0.6) is 23.0 Å². The van der Waals surface area contributed by atoms with E-state index in [9.17, 15) is 34.9 Å². The zero-order chi connectivity index (χ0) is 39.5. The van der Waals surface area contributed by atoms with E-state index in [-0.39, 0.29) is 110 Å². The van der Waals surface area contributed by atoms with Gasteiger partial charge in [0.05, 0.1) is 0 Å². The lowest BCUT2D eigenvalue weighted by molar-refractivity contribution is -0.981. The summed E-state index contributed by atoms with van der Waals surface area (Å²) in [6, 6.07) is 6.93. The Morgan fingerprint density at radius 2 is 0.963 bits per heavy atom. The van der Waals surface area contributed by atoms with Gasteiger partial charge in [0.15, 0.2) is 13.2 Å². The molecule has 0 amide bonds. The summed E-state index contributed by atoms with van der Waals surface area (Å²) in [5.74, 6) is 0.955. The number of carbonyl (C=O) groups is 2. The zero-order valence-electron chi connectivity index (χ0n) is 33.5. The number of hydrogen-bond donors (Lipinski definition) is 4. The van der Waals surface area contributed by atoms with Gasteiger partial charge in [-0.3, -0.25) is 9.59 Å². The molecule has 0 heterocycles. The smallest absolute Gasteiger partial charge is 0.477 e. The summed E-state index contributed by atoms with van der Waals surface area (Å²) in [6.07, 6.45) is 6.56. The van der Waals surface area contributed by atoms with Crippen LogP contribution in [0.2, 0.25) is 0 Å². The Morgan fingerprint density at radius 3 is 1.26 bits per heavy atom. The third-order valence-corrected chi connectivity index (χ3v) is 14.6. The molecule has 0 spiro atoms. The molecule has 8 rings (SSSR count). The van der Waals surface area contributed by atoms with Crippen molar-refractivity contribution in [2.75, 3.05) is 13.2 Å². The molecule has 0 radical (unpaired) electrons. The Balaban J connectivity index is 0.900. The molecule has 6 aliphatic carbocycles. The van der Waals surface area contributed by atoms with Gasteiger partial charge in [-0.2, -0.15) is 9.68 Å². The van der Waals surface area contributed by atoms with E-state index in [2.05, 4.69) is 55.4 Å². The average Bonchev–Trinajstić information content (AvgIpc) is 3.06. The van der Waals surface area contributed by atoms with Crippen LogP contribution in [0, 0.1) is 39.4 Å². The summed E-state index contributed by atoms with van der Waals surface area (Å²) in [7, 11) is 0. The second kappa shape index (κ2) is 14.4. The molecular formula is C44H62NO9+. The molecule has 6 saturated carbocycles. The van der Waals surface area contributed by atoms with Crippen molar-refractivity contribution < 1.29 is 44.8 Å². The molecule has 0 unspecified atom stereocenters.